The van der Waals surface area contributed by atoms with Gasteiger partial charge in [0, 0.05) is 18.3 Å². The maximum Gasteiger partial charge on any atom is 0.270 e. The minimum Gasteiger partial charge on any atom is -0.384 e. The molecule has 0 spiro atoms. The number of H-pyrrole nitrogens is 1. The lowest BCUT2D eigenvalue weighted by molar-refractivity contribution is 0.0935. The molecule has 2 rings (SSSR count). The fourth-order valence-electron chi connectivity index (χ4n) is 1.69. The summed E-state index contributed by atoms with van der Waals surface area (Å²) < 4.78 is 0. The maximum absolute atomic E-state index is 12.0. The van der Waals surface area contributed by atoms with E-state index in [0.29, 0.717) is 5.69 Å². The average molecular weight is 259 g/mol. The Kier molecular flexibility index (Phi) is 4.12. The smallest absolute Gasteiger partial charge is 0.270 e. The van der Waals surface area contributed by atoms with Gasteiger partial charge in [0.2, 0.25) is 0 Å². The predicted molar refractivity (Wildman–Crippen MR) is 72.9 cm³/mol. The standard InChI is InChI=1S/C13H17N5O/c1-3-14-11-4-5-12(15-8-11)13(19)18-9(2)10-6-16-17-7-10/h4-9,14H,3H2,1-2H3,(H,16,17)(H,18,19). The number of carbonyl (C=O) groups is 1. The summed E-state index contributed by atoms with van der Waals surface area (Å²) in [6.45, 7) is 4.73. The van der Waals surface area contributed by atoms with Crippen LogP contribution in [-0.2, 0) is 0 Å². The molecule has 2 aromatic heterocycles. The summed E-state index contributed by atoms with van der Waals surface area (Å²) >= 11 is 0. The Morgan fingerprint density at radius 2 is 2.26 bits per heavy atom. The molecule has 100 valence electrons. The number of rotatable bonds is 5. The SMILES string of the molecule is CCNc1ccc(C(=O)NC(C)c2cn[nH]c2)nc1. The predicted octanol–water partition coefficient (Wildman–Crippen LogP) is 1.73. The lowest BCUT2D eigenvalue weighted by Crippen LogP contribution is -2.27. The number of anilines is 1. The molecule has 1 unspecified atom stereocenters. The van der Waals surface area contributed by atoms with Crippen molar-refractivity contribution in [3.05, 3.63) is 42.0 Å². The average Bonchev–Trinajstić information content (AvgIpc) is 2.94. The van der Waals surface area contributed by atoms with E-state index in [4.69, 9.17) is 0 Å². The second-order valence-corrected chi connectivity index (χ2v) is 4.19. The normalized spacial score (nSPS) is 11.9. The molecule has 0 aliphatic heterocycles. The van der Waals surface area contributed by atoms with Crippen molar-refractivity contribution in [3.8, 4) is 0 Å². The molecule has 1 amide bonds. The number of hydrogen-bond acceptors (Lipinski definition) is 4. The van der Waals surface area contributed by atoms with Gasteiger partial charge in [0.15, 0.2) is 0 Å². The summed E-state index contributed by atoms with van der Waals surface area (Å²) in [5.74, 6) is -0.197. The molecule has 1 atom stereocenters. The monoisotopic (exact) mass is 259 g/mol. The molecule has 2 heterocycles. The topological polar surface area (TPSA) is 82.7 Å². The van der Waals surface area contributed by atoms with Gasteiger partial charge in [0.25, 0.3) is 5.91 Å². The largest absolute Gasteiger partial charge is 0.384 e. The zero-order chi connectivity index (χ0) is 13.7. The first kappa shape index (κ1) is 13.1. The quantitative estimate of drug-likeness (QED) is 0.763. The Bertz CT molecular complexity index is 520. The number of aromatic amines is 1. The van der Waals surface area contributed by atoms with Crippen LogP contribution in [0.2, 0.25) is 0 Å². The summed E-state index contributed by atoms with van der Waals surface area (Å²) in [4.78, 5) is 16.1. The molecule has 0 aliphatic carbocycles. The highest BCUT2D eigenvalue weighted by molar-refractivity contribution is 5.92. The van der Waals surface area contributed by atoms with Crippen molar-refractivity contribution in [3.63, 3.8) is 0 Å². The Hall–Kier alpha value is -2.37. The molecule has 0 aromatic carbocycles. The highest BCUT2D eigenvalue weighted by Crippen LogP contribution is 2.11. The minimum absolute atomic E-state index is 0.110. The first-order valence-corrected chi connectivity index (χ1v) is 6.20. The van der Waals surface area contributed by atoms with Crippen LogP contribution in [0.5, 0.6) is 0 Å². The van der Waals surface area contributed by atoms with Gasteiger partial charge in [-0.1, -0.05) is 0 Å². The molecule has 0 fully saturated rings. The van der Waals surface area contributed by atoms with E-state index < -0.39 is 0 Å². The molecule has 0 saturated carbocycles. The molecule has 0 saturated heterocycles. The molecule has 6 heteroatoms. The molecule has 6 nitrogen and oxygen atoms in total. The number of amides is 1. The van der Waals surface area contributed by atoms with Gasteiger partial charge in [-0.05, 0) is 26.0 Å². The van der Waals surface area contributed by atoms with Crippen LogP contribution >= 0.6 is 0 Å². The summed E-state index contributed by atoms with van der Waals surface area (Å²) in [5, 5.41) is 12.6. The zero-order valence-corrected chi connectivity index (χ0v) is 11.0. The van der Waals surface area contributed by atoms with Crippen LogP contribution in [0.3, 0.4) is 0 Å². The van der Waals surface area contributed by atoms with E-state index in [1.54, 1.807) is 24.7 Å². The molecular formula is C13H17N5O. The molecule has 3 N–H and O–H groups in total. The van der Waals surface area contributed by atoms with Gasteiger partial charge < -0.3 is 10.6 Å². The fourth-order valence-corrected chi connectivity index (χ4v) is 1.69. The van der Waals surface area contributed by atoms with E-state index in [1.807, 2.05) is 19.9 Å². The second-order valence-electron chi connectivity index (χ2n) is 4.19. The van der Waals surface area contributed by atoms with E-state index in [-0.39, 0.29) is 11.9 Å². The van der Waals surface area contributed by atoms with Crippen LogP contribution in [0.4, 0.5) is 5.69 Å². The van der Waals surface area contributed by atoms with Gasteiger partial charge >= 0.3 is 0 Å². The molecule has 19 heavy (non-hydrogen) atoms. The second kappa shape index (κ2) is 5.99. The van der Waals surface area contributed by atoms with Gasteiger partial charge in [0.05, 0.1) is 24.1 Å². The first-order chi connectivity index (χ1) is 9.20. The Morgan fingerprint density at radius 1 is 1.42 bits per heavy atom. The number of aromatic nitrogens is 3. The van der Waals surface area contributed by atoms with Crippen LogP contribution in [0.25, 0.3) is 0 Å². The van der Waals surface area contributed by atoms with Crippen molar-refractivity contribution in [1.82, 2.24) is 20.5 Å². The molecule has 0 aliphatic rings. The molecular weight excluding hydrogens is 242 g/mol. The fraction of sp³-hybridized carbons (Fsp3) is 0.308. The number of pyridine rings is 1. The number of nitrogens with zero attached hydrogens (tertiary/aromatic N) is 2. The lowest BCUT2D eigenvalue weighted by atomic mass is 10.2. The van der Waals surface area contributed by atoms with Crippen LogP contribution in [0.1, 0.15) is 35.9 Å². The van der Waals surface area contributed by atoms with Crippen molar-refractivity contribution in [2.75, 3.05) is 11.9 Å². The summed E-state index contributed by atoms with van der Waals surface area (Å²) in [6.07, 6.45) is 5.10. The third-order valence-electron chi connectivity index (χ3n) is 2.74. The minimum atomic E-state index is -0.197. The van der Waals surface area contributed by atoms with Gasteiger partial charge in [-0.3, -0.25) is 9.89 Å². The van der Waals surface area contributed by atoms with Crippen molar-refractivity contribution in [1.29, 1.82) is 0 Å². The lowest BCUT2D eigenvalue weighted by Gasteiger charge is -2.11. The highest BCUT2D eigenvalue weighted by Gasteiger charge is 2.12. The Morgan fingerprint density at radius 3 is 2.84 bits per heavy atom. The van der Waals surface area contributed by atoms with Gasteiger partial charge in [-0.2, -0.15) is 5.10 Å². The van der Waals surface area contributed by atoms with E-state index in [9.17, 15) is 4.79 Å². The number of hydrogen-bond donors (Lipinski definition) is 3. The van der Waals surface area contributed by atoms with E-state index in [1.165, 1.54) is 0 Å². The number of nitrogens with one attached hydrogen (secondary N) is 3. The summed E-state index contributed by atoms with van der Waals surface area (Å²) in [6, 6.07) is 3.44. The van der Waals surface area contributed by atoms with Crippen molar-refractivity contribution < 1.29 is 4.79 Å². The van der Waals surface area contributed by atoms with Crippen LogP contribution in [-0.4, -0.2) is 27.6 Å². The Labute approximate surface area is 111 Å². The third-order valence-corrected chi connectivity index (χ3v) is 2.74. The van der Waals surface area contributed by atoms with Crippen LogP contribution < -0.4 is 10.6 Å². The third kappa shape index (κ3) is 3.31. The molecule has 2 aromatic rings. The zero-order valence-electron chi connectivity index (χ0n) is 11.0. The van der Waals surface area contributed by atoms with Crippen molar-refractivity contribution in [2.45, 2.75) is 19.9 Å². The van der Waals surface area contributed by atoms with E-state index in [0.717, 1.165) is 17.8 Å². The summed E-state index contributed by atoms with van der Waals surface area (Å²) in [7, 11) is 0. The summed E-state index contributed by atoms with van der Waals surface area (Å²) in [5.41, 5.74) is 2.23. The first-order valence-electron chi connectivity index (χ1n) is 6.20. The van der Waals surface area contributed by atoms with Crippen molar-refractivity contribution >= 4 is 11.6 Å². The van der Waals surface area contributed by atoms with Crippen LogP contribution in [0.15, 0.2) is 30.7 Å². The molecule has 0 bridgehead atoms. The number of carbonyl (C=O) groups excluding carboxylic acids is 1. The van der Waals surface area contributed by atoms with E-state index >= 15 is 0 Å². The van der Waals surface area contributed by atoms with Gasteiger partial charge in [0.1, 0.15) is 5.69 Å². The molecule has 0 radical (unpaired) electrons. The van der Waals surface area contributed by atoms with E-state index in [2.05, 4.69) is 25.8 Å². The van der Waals surface area contributed by atoms with Gasteiger partial charge in [-0.15, -0.1) is 0 Å². The highest BCUT2D eigenvalue weighted by atomic mass is 16.1. The van der Waals surface area contributed by atoms with Gasteiger partial charge in [-0.25, -0.2) is 4.98 Å². The van der Waals surface area contributed by atoms with Crippen molar-refractivity contribution in [2.24, 2.45) is 0 Å². The Balaban J connectivity index is 1.99. The van der Waals surface area contributed by atoms with Crippen LogP contribution in [0, 0.1) is 0 Å². The maximum atomic E-state index is 12.0.